The quantitative estimate of drug-likeness (QED) is 0.627. The second-order valence-corrected chi connectivity index (χ2v) is 6.73. The summed E-state index contributed by atoms with van der Waals surface area (Å²) in [5, 5.41) is 11.0. The van der Waals surface area contributed by atoms with Crippen LogP contribution in [0.1, 0.15) is 55.8 Å². The largest absolute Gasteiger partial charge is 0.309 e. The summed E-state index contributed by atoms with van der Waals surface area (Å²) in [5.74, 6) is 1.63. The number of nitrogens with zero attached hydrogens (tertiary/aromatic N) is 3. The van der Waals surface area contributed by atoms with E-state index in [1.165, 1.54) is 0 Å². The Bertz CT molecular complexity index is 682. The molecule has 0 spiro atoms. The number of hydrogen-bond acceptors (Lipinski definition) is 5. The topological polar surface area (TPSA) is 83.6 Å². The molecule has 0 saturated heterocycles. The molecule has 3 rings (SSSR count). The van der Waals surface area contributed by atoms with Crippen LogP contribution in [0.3, 0.4) is 0 Å². The molecular formula is C16H21N5OS. The van der Waals surface area contributed by atoms with Gasteiger partial charge in [0.25, 0.3) is 0 Å². The van der Waals surface area contributed by atoms with Crippen molar-refractivity contribution in [1.29, 1.82) is 0 Å². The van der Waals surface area contributed by atoms with Crippen molar-refractivity contribution >= 4 is 23.5 Å². The molecule has 2 aromatic heterocycles. The normalized spacial score (nSPS) is 17.0. The van der Waals surface area contributed by atoms with Crippen molar-refractivity contribution in [3.63, 3.8) is 0 Å². The fraction of sp³-hybridized carbons (Fsp3) is 0.500. The van der Waals surface area contributed by atoms with Crippen molar-refractivity contribution in [2.75, 3.05) is 11.1 Å². The average molecular weight is 331 g/mol. The van der Waals surface area contributed by atoms with Crippen molar-refractivity contribution in [3.05, 3.63) is 29.2 Å². The van der Waals surface area contributed by atoms with Crippen molar-refractivity contribution in [1.82, 2.24) is 20.2 Å². The highest BCUT2D eigenvalue weighted by molar-refractivity contribution is 7.99. The van der Waals surface area contributed by atoms with Gasteiger partial charge in [-0.2, -0.15) is 5.10 Å². The first-order valence-corrected chi connectivity index (χ1v) is 9.03. The summed E-state index contributed by atoms with van der Waals surface area (Å²) in [6.07, 6.45) is 7.14. The van der Waals surface area contributed by atoms with E-state index in [0.717, 1.165) is 47.0 Å². The van der Waals surface area contributed by atoms with Crippen molar-refractivity contribution in [3.8, 4) is 0 Å². The van der Waals surface area contributed by atoms with Crippen LogP contribution in [0.15, 0.2) is 17.6 Å². The Morgan fingerprint density at radius 3 is 2.74 bits per heavy atom. The molecule has 1 amide bonds. The second kappa shape index (κ2) is 7.12. The Morgan fingerprint density at radius 1 is 1.26 bits per heavy atom. The van der Waals surface area contributed by atoms with Gasteiger partial charge in [0.05, 0.1) is 0 Å². The summed E-state index contributed by atoms with van der Waals surface area (Å²) in [4.78, 5) is 20.9. The molecule has 2 N–H and O–H groups in total. The number of nitrogens with one attached hydrogen (secondary N) is 2. The molecule has 0 fully saturated rings. The van der Waals surface area contributed by atoms with Gasteiger partial charge in [-0.15, -0.1) is 0 Å². The van der Waals surface area contributed by atoms with E-state index in [1.54, 1.807) is 11.8 Å². The second-order valence-electron chi connectivity index (χ2n) is 5.67. The predicted octanol–water partition coefficient (Wildman–Crippen LogP) is 3.13. The number of fused-ring (bicyclic) bond motifs is 1. The highest BCUT2D eigenvalue weighted by Crippen LogP contribution is 2.38. The van der Waals surface area contributed by atoms with Gasteiger partial charge in [-0.1, -0.05) is 32.0 Å². The van der Waals surface area contributed by atoms with Crippen LogP contribution in [0.5, 0.6) is 0 Å². The van der Waals surface area contributed by atoms with Gasteiger partial charge in [0, 0.05) is 41.7 Å². The van der Waals surface area contributed by atoms with Crippen LogP contribution in [0, 0.1) is 0 Å². The van der Waals surface area contributed by atoms with Crippen LogP contribution in [0.4, 0.5) is 5.82 Å². The molecule has 6 nitrogen and oxygen atoms in total. The van der Waals surface area contributed by atoms with E-state index < -0.39 is 0 Å². The van der Waals surface area contributed by atoms with E-state index in [0.29, 0.717) is 12.2 Å². The number of hydrogen-bond donors (Lipinski definition) is 2. The number of carbonyl (C=O) groups is 1. The van der Waals surface area contributed by atoms with Gasteiger partial charge < -0.3 is 5.32 Å². The van der Waals surface area contributed by atoms with Crippen LogP contribution in [-0.4, -0.2) is 31.8 Å². The zero-order valence-corrected chi connectivity index (χ0v) is 14.2. The minimum Gasteiger partial charge on any atom is -0.309 e. The van der Waals surface area contributed by atoms with Crippen LogP contribution in [-0.2, 0) is 11.2 Å². The molecule has 0 aliphatic carbocycles. The maximum absolute atomic E-state index is 12.0. The van der Waals surface area contributed by atoms with Gasteiger partial charge >= 0.3 is 0 Å². The zero-order valence-electron chi connectivity index (χ0n) is 13.4. The van der Waals surface area contributed by atoms with E-state index in [4.69, 9.17) is 0 Å². The third-order valence-corrected chi connectivity index (χ3v) is 4.95. The highest BCUT2D eigenvalue weighted by atomic mass is 32.2. The third kappa shape index (κ3) is 3.39. The lowest BCUT2D eigenvalue weighted by Crippen LogP contribution is -2.24. The van der Waals surface area contributed by atoms with E-state index in [-0.39, 0.29) is 11.8 Å². The molecule has 0 unspecified atom stereocenters. The minimum atomic E-state index is -0.0238. The van der Waals surface area contributed by atoms with Crippen molar-refractivity contribution < 1.29 is 4.79 Å². The number of aromatic nitrogens is 4. The zero-order chi connectivity index (χ0) is 16.2. The van der Waals surface area contributed by atoms with E-state index >= 15 is 0 Å². The van der Waals surface area contributed by atoms with Crippen LogP contribution >= 0.6 is 11.8 Å². The molecule has 0 saturated carbocycles. The number of carbonyl (C=O) groups excluding carboxylic acids is 1. The fourth-order valence-electron chi connectivity index (χ4n) is 2.83. The van der Waals surface area contributed by atoms with Gasteiger partial charge in [0.2, 0.25) is 5.91 Å². The lowest BCUT2D eigenvalue weighted by atomic mass is 9.86. The molecule has 0 radical (unpaired) electrons. The lowest BCUT2D eigenvalue weighted by Gasteiger charge is -2.23. The summed E-state index contributed by atoms with van der Waals surface area (Å²) in [6.45, 7) is 4.27. The predicted molar refractivity (Wildman–Crippen MR) is 90.7 cm³/mol. The molecule has 7 heteroatoms. The molecule has 122 valence electrons. The lowest BCUT2D eigenvalue weighted by molar-refractivity contribution is -0.116. The Morgan fingerprint density at radius 2 is 2.04 bits per heavy atom. The van der Waals surface area contributed by atoms with Gasteiger partial charge in [-0.3, -0.25) is 9.89 Å². The molecule has 1 atom stereocenters. The van der Waals surface area contributed by atoms with Crippen LogP contribution < -0.4 is 5.32 Å². The standard InChI is InChI=1S/C16H21N5OS/c1-3-5-12-14-11(7-13(22)19-15(14)21-20-12)10-8-17-16(18-9-10)23-6-4-2/h8-9,11H,3-7H2,1-2H3,(H2,19,20,21,22)/t11-/m1/s1. The number of aromatic amines is 1. The smallest absolute Gasteiger partial charge is 0.226 e. The summed E-state index contributed by atoms with van der Waals surface area (Å²) in [6, 6.07) is 0. The van der Waals surface area contributed by atoms with Crippen molar-refractivity contribution in [2.45, 2.75) is 50.6 Å². The minimum absolute atomic E-state index is 0.0125. The SMILES string of the molecule is CCCSc1ncc([C@H]2CC(=O)Nc3n[nH]c(CCC)c32)cn1. The van der Waals surface area contributed by atoms with E-state index in [9.17, 15) is 4.79 Å². The third-order valence-electron chi connectivity index (χ3n) is 3.86. The van der Waals surface area contributed by atoms with Gasteiger partial charge in [0.15, 0.2) is 11.0 Å². The Balaban J connectivity index is 1.90. The molecular weight excluding hydrogens is 310 g/mol. The monoisotopic (exact) mass is 331 g/mol. The van der Waals surface area contributed by atoms with Gasteiger partial charge in [-0.25, -0.2) is 9.97 Å². The molecule has 23 heavy (non-hydrogen) atoms. The number of aryl methyl sites for hydroxylation is 1. The molecule has 2 aromatic rings. The van der Waals surface area contributed by atoms with Gasteiger partial charge in [-0.05, 0) is 18.4 Å². The Kier molecular flexibility index (Phi) is 4.95. The van der Waals surface area contributed by atoms with Crippen LogP contribution in [0.2, 0.25) is 0 Å². The number of anilines is 1. The first-order valence-electron chi connectivity index (χ1n) is 8.04. The molecule has 0 aromatic carbocycles. The molecule has 1 aliphatic rings. The Hall–Kier alpha value is -1.89. The maximum atomic E-state index is 12.0. The number of thioether (sulfide) groups is 1. The van der Waals surface area contributed by atoms with Crippen LogP contribution in [0.25, 0.3) is 0 Å². The first-order chi connectivity index (χ1) is 11.2. The number of rotatable bonds is 6. The van der Waals surface area contributed by atoms with E-state index in [2.05, 4.69) is 39.3 Å². The summed E-state index contributed by atoms with van der Waals surface area (Å²) < 4.78 is 0. The molecule has 1 aliphatic heterocycles. The fourth-order valence-corrected chi connectivity index (χ4v) is 3.47. The van der Waals surface area contributed by atoms with E-state index in [1.807, 2.05) is 12.4 Å². The average Bonchev–Trinajstić information content (AvgIpc) is 2.96. The maximum Gasteiger partial charge on any atom is 0.226 e. The summed E-state index contributed by atoms with van der Waals surface area (Å²) in [7, 11) is 0. The van der Waals surface area contributed by atoms with Gasteiger partial charge in [0.1, 0.15) is 0 Å². The summed E-state index contributed by atoms with van der Waals surface area (Å²) in [5.41, 5.74) is 3.15. The molecule has 3 heterocycles. The summed E-state index contributed by atoms with van der Waals surface area (Å²) >= 11 is 1.65. The molecule has 0 bridgehead atoms. The Labute approximate surface area is 139 Å². The highest BCUT2D eigenvalue weighted by Gasteiger charge is 2.31. The first kappa shape index (κ1) is 16.0. The van der Waals surface area contributed by atoms with Crippen molar-refractivity contribution in [2.24, 2.45) is 0 Å². The number of H-pyrrole nitrogens is 1. The number of amides is 1.